The van der Waals surface area contributed by atoms with Crippen molar-refractivity contribution in [3.8, 4) is 0 Å². The summed E-state index contributed by atoms with van der Waals surface area (Å²) in [5.74, 6) is -1.11. The van der Waals surface area contributed by atoms with Crippen molar-refractivity contribution < 1.29 is 19.2 Å². The highest BCUT2D eigenvalue weighted by molar-refractivity contribution is 5.93. The number of aliphatic carboxylic acids is 1. The van der Waals surface area contributed by atoms with Gasteiger partial charge in [-0.15, -0.1) is 0 Å². The van der Waals surface area contributed by atoms with Gasteiger partial charge in [-0.3, -0.25) is 9.59 Å². The van der Waals surface area contributed by atoms with Crippen LogP contribution in [0.25, 0.3) is 0 Å². The van der Waals surface area contributed by atoms with Crippen molar-refractivity contribution in [2.24, 2.45) is 0 Å². The molecule has 1 aromatic rings. The standard InChI is InChI=1S/C12H18N2O4/c1-8-7-13-18-10(8)11(17)14(12(2,3)4)6-5-9(15)16/h7H,5-6H2,1-4H3,(H,15,16). The summed E-state index contributed by atoms with van der Waals surface area (Å²) >= 11 is 0. The summed E-state index contributed by atoms with van der Waals surface area (Å²) in [4.78, 5) is 24.4. The van der Waals surface area contributed by atoms with E-state index in [0.29, 0.717) is 5.56 Å². The number of hydrogen-bond acceptors (Lipinski definition) is 4. The van der Waals surface area contributed by atoms with E-state index >= 15 is 0 Å². The van der Waals surface area contributed by atoms with Gasteiger partial charge in [0.2, 0.25) is 5.76 Å². The van der Waals surface area contributed by atoms with Crippen LogP contribution in [0.15, 0.2) is 10.7 Å². The molecule has 1 rings (SSSR count). The van der Waals surface area contributed by atoms with Crippen LogP contribution in [0.4, 0.5) is 0 Å². The van der Waals surface area contributed by atoms with Gasteiger partial charge in [0.1, 0.15) is 0 Å². The van der Waals surface area contributed by atoms with Gasteiger partial charge in [-0.2, -0.15) is 0 Å². The molecule has 100 valence electrons. The van der Waals surface area contributed by atoms with E-state index in [9.17, 15) is 9.59 Å². The van der Waals surface area contributed by atoms with Gasteiger partial charge in [0.05, 0.1) is 12.6 Å². The summed E-state index contributed by atoms with van der Waals surface area (Å²) in [5.41, 5.74) is 0.163. The molecule has 0 unspecified atom stereocenters. The van der Waals surface area contributed by atoms with Crippen LogP contribution in [0.5, 0.6) is 0 Å². The van der Waals surface area contributed by atoms with Crippen molar-refractivity contribution in [3.05, 3.63) is 17.5 Å². The van der Waals surface area contributed by atoms with E-state index < -0.39 is 11.5 Å². The predicted molar refractivity (Wildman–Crippen MR) is 64.3 cm³/mol. The van der Waals surface area contributed by atoms with Crippen LogP contribution in [0, 0.1) is 6.92 Å². The highest BCUT2D eigenvalue weighted by Crippen LogP contribution is 2.19. The largest absolute Gasteiger partial charge is 0.481 e. The Hall–Kier alpha value is -1.85. The summed E-state index contributed by atoms with van der Waals surface area (Å²) < 4.78 is 4.92. The van der Waals surface area contributed by atoms with Crippen molar-refractivity contribution in [2.45, 2.75) is 39.7 Å². The Morgan fingerprint density at radius 3 is 2.44 bits per heavy atom. The van der Waals surface area contributed by atoms with Crippen molar-refractivity contribution in [1.29, 1.82) is 0 Å². The fourth-order valence-corrected chi connectivity index (χ4v) is 1.57. The number of hydrogen-bond donors (Lipinski definition) is 1. The molecular weight excluding hydrogens is 236 g/mol. The Morgan fingerprint density at radius 1 is 1.44 bits per heavy atom. The fraction of sp³-hybridized carbons (Fsp3) is 0.583. The lowest BCUT2D eigenvalue weighted by Crippen LogP contribution is -2.46. The Balaban J connectivity index is 2.94. The van der Waals surface area contributed by atoms with E-state index in [-0.39, 0.29) is 24.6 Å². The molecule has 0 fully saturated rings. The molecule has 0 aromatic carbocycles. The van der Waals surface area contributed by atoms with E-state index in [1.165, 1.54) is 11.1 Å². The summed E-state index contributed by atoms with van der Waals surface area (Å²) in [7, 11) is 0. The molecule has 0 bridgehead atoms. The summed E-state index contributed by atoms with van der Waals surface area (Å²) in [6, 6.07) is 0. The molecule has 6 heteroatoms. The van der Waals surface area contributed by atoms with Crippen molar-refractivity contribution >= 4 is 11.9 Å². The molecule has 0 radical (unpaired) electrons. The molecule has 0 spiro atoms. The quantitative estimate of drug-likeness (QED) is 0.884. The minimum absolute atomic E-state index is 0.101. The van der Waals surface area contributed by atoms with E-state index in [0.717, 1.165) is 0 Å². The lowest BCUT2D eigenvalue weighted by atomic mass is 10.0. The van der Waals surface area contributed by atoms with E-state index in [2.05, 4.69) is 5.16 Å². The van der Waals surface area contributed by atoms with E-state index in [1.54, 1.807) is 6.92 Å². The Morgan fingerprint density at radius 2 is 2.06 bits per heavy atom. The number of carbonyl (C=O) groups excluding carboxylic acids is 1. The first-order valence-electron chi connectivity index (χ1n) is 5.68. The smallest absolute Gasteiger partial charge is 0.305 e. The third kappa shape index (κ3) is 3.32. The second kappa shape index (κ2) is 5.20. The number of rotatable bonds is 4. The maximum Gasteiger partial charge on any atom is 0.305 e. The maximum atomic E-state index is 12.3. The van der Waals surface area contributed by atoms with Crippen molar-refractivity contribution in [1.82, 2.24) is 10.1 Å². The lowest BCUT2D eigenvalue weighted by molar-refractivity contribution is -0.137. The molecule has 0 aliphatic heterocycles. The maximum absolute atomic E-state index is 12.3. The normalized spacial score (nSPS) is 11.3. The van der Waals surface area contributed by atoms with E-state index in [4.69, 9.17) is 9.63 Å². The zero-order chi connectivity index (χ0) is 13.9. The highest BCUT2D eigenvalue weighted by Gasteiger charge is 2.30. The monoisotopic (exact) mass is 254 g/mol. The molecule has 18 heavy (non-hydrogen) atoms. The zero-order valence-corrected chi connectivity index (χ0v) is 11.1. The summed E-state index contributed by atoms with van der Waals surface area (Å²) in [5, 5.41) is 12.3. The van der Waals surface area contributed by atoms with E-state index in [1.807, 2.05) is 20.8 Å². The third-order valence-electron chi connectivity index (χ3n) is 2.55. The fourth-order valence-electron chi connectivity index (χ4n) is 1.57. The van der Waals surface area contributed by atoms with Crippen molar-refractivity contribution in [3.63, 3.8) is 0 Å². The number of carboxylic acid groups (broad SMARTS) is 1. The van der Waals surface area contributed by atoms with Gasteiger partial charge in [-0.05, 0) is 27.7 Å². The van der Waals surface area contributed by atoms with Crippen LogP contribution in [0.3, 0.4) is 0 Å². The van der Waals surface area contributed by atoms with Crippen LogP contribution < -0.4 is 0 Å². The number of carboxylic acids is 1. The molecule has 0 saturated heterocycles. The van der Waals surface area contributed by atoms with Gasteiger partial charge in [0.15, 0.2) is 0 Å². The molecule has 0 aliphatic rings. The SMILES string of the molecule is Cc1cnoc1C(=O)N(CCC(=O)O)C(C)(C)C. The second-order valence-corrected chi connectivity index (χ2v) is 5.11. The van der Waals surface area contributed by atoms with Gasteiger partial charge < -0.3 is 14.5 Å². The highest BCUT2D eigenvalue weighted by atomic mass is 16.5. The van der Waals surface area contributed by atoms with Gasteiger partial charge in [-0.1, -0.05) is 5.16 Å². The molecule has 1 aromatic heterocycles. The number of aryl methyl sites for hydroxylation is 1. The number of aromatic nitrogens is 1. The first kappa shape index (κ1) is 14.2. The molecule has 0 saturated carbocycles. The third-order valence-corrected chi connectivity index (χ3v) is 2.55. The van der Waals surface area contributed by atoms with Crippen molar-refractivity contribution in [2.75, 3.05) is 6.54 Å². The molecule has 1 heterocycles. The molecule has 0 atom stereocenters. The number of carbonyl (C=O) groups is 2. The minimum Gasteiger partial charge on any atom is -0.481 e. The van der Waals surface area contributed by atoms with Crippen LogP contribution in [0.1, 0.15) is 43.3 Å². The lowest BCUT2D eigenvalue weighted by Gasteiger charge is -2.34. The molecular formula is C12H18N2O4. The first-order chi connectivity index (χ1) is 8.23. The van der Waals surface area contributed by atoms with Gasteiger partial charge >= 0.3 is 5.97 Å². The average molecular weight is 254 g/mol. The predicted octanol–water partition coefficient (Wildman–Crippen LogP) is 1.70. The van der Waals surface area contributed by atoms with Crippen LogP contribution in [-0.4, -0.2) is 39.1 Å². The van der Waals surface area contributed by atoms with Gasteiger partial charge in [0, 0.05) is 17.6 Å². The topological polar surface area (TPSA) is 83.6 Å². The Labute approximate surface area is 106 Å². The van der Waals surface area contributed by atoms with Crippen LogP contribution in [-0.2, 0) is 4.79 Å². The van der Waals surface area contributed by atoms with Gasteiger partial charge in [-0.25, -0.2) is 0 Å². The summed E-state index contributed by atoms with van der Waals surface area (Å²) in [6.45, 7) is 7.40. The molecule has 1 amide bonds. The van der Waals surface area contributed by atoms with Crippen LogP contribution >= 0.6 is 0 Å². The number of amides is 1. The molecule has 0 aliphatic carbocycles. The first-order valence-corrected chi connectivity index (χ1v) is 5.68. The average Bonchev–Trinajstić information content (AvgIpc) is 2.61. The Bertz CT molecular complexity index is 445. The van der Waals surface area contributed by atoms with Gasteiger partial charge in [0.25, 0.3) is 5.91 Å². The Kier molecular flexibility index (Phi) is 4.11. The number of nitrogens with zero attached hydrogens (tertiary/aromatic N) is 2. The summed E-state index contributed by atoms with van der Waals surface area (Å²) in [6.07, 6.45) is 1.36. The molecule has 1 N–H and O–H groups in total. The zero-order valence-electron chi connectivity index (χ0n) is 11.1. The van der Waals surface area contributed by atoms with Crippen LogP contribution in [0.2, 0.25) is 0 Å². The second-order valence-electron chi connectivity index (χ2n) is 5.11. The molecule has 6 nitrogen and oxygen atoms in total. The minimum atomic E-state index is -0.939.